The summed E-state index contributed by atoms with van der Waals surface area (Å²) in [6.45, 7) is 6.46. The third-order valence-electron chi connectivity index (χ3n) is 3.66. The molecule has 4 nitrogen and oxygen atoms in total. The number of aryl methyl sites for hydroxylation is 1. The Bertz CT molecular complexity index is 771. The molecule has 2 heterocycles. The maximum Gasteiger partial charge on any atom is 0.213 e. The zero-order valence-corrected chi connectivity index (χ0v) is 14.0. The summed E-state index contributed by atoms with van der Waals surface area (Å²) in [4.78, 5) is 5.52. The van der Waals surface area contributed by atoms with Crippen LogP contribution < -0.4 is 0 Å². The molecule has 0 spiro atoms. The van der Waals surface area contributed by atoms with Gasteiger partial charge in [0.25, 0.3) is 0 Å². The van der Waals surface area contributed by atoms with Gasteiger partial charge in [-0.15, -0.1) is 0 Å². The summed E-state index contributed by atoms with van der Waals surface area (Å²) in [7, 11) is 0. The lowest BCUT2D eigenvalue weighted by atomic mass is 10.0. The van der Waals surface area contributed by atoms with E-state index in [-0.39, 0.29) is 6.61 Å². The minimum atomic E-state index is -0.0584. The van der Waals surface area contributed by atoms with Crippen molar-refractivity contribution in [2.24, 2.45) is 5.92 Å². The molecule has 1 aromatic carbocycles. The van der Waals surface area contributed by atoms with Crippen molar-refractivity contribution in [3.8, 4) is 11.3 Å². The monoisotopic (exact) mass is 315 g/mol. The molecule has 1 N–H and O–H groups in total. The van der Waals surface area contributed by atoms with Gasteiger partial charge in [0.05, 0.1) is 18.0 Å². The molecule has 0 amide bonds. The molecule has 0 fully saturated rings. The van der Waals surface area contributed by atoms with Gasteiger partial charge in [-0.05, 0) is 24.3 Å². The molecule has 0 unspecified atom stereocenters. The van der Waals surface area contributed by atoms with E-state index < -0.39 is 0 Å². The van der Waals surface area contributed by atoms with Gasteiger partial charge in [0, 0.05) is 5.56 Å². The van der Waals surface area contributed by atoms with Gasteiger partial charge >= 0.3 is 0 Å². The first kappa shape index (κ1) is 15.2. The highest BCUT2D eigenvalue weighted by atomic mass is 32.1. The van der Waals surface area contributed by atoms with Crippen LogP contribution in [0.3, 0.4) is 0 Å². The quantitative estimate of drug-likeness (QED) is 0.781. The van der Waals surface area contributed by atoms with Crippen molar-refractivity contribution in [3.05, 3.63) is 40.5 Å². The number of imidazole rings is 1. The Balaban J connectivity index is 2.00. The van der Waals surface area contributed by atoms with Gasteiger partial charge in [-0.3, -0.25) is 0 Å². The lowest BCUT2D eigenvalue weighted by Gasteiger charge is -2.06. The molecule has 0 atom stereocenters. The molecule has 0 bridgehead atoms. The summed E-state index contributed by atoms with van der Waals surface area (Å²) in [6.07, 6.45) is 1.96. The Morgan fingerprint density at radius 1 is 1.23 bits per heavy atom. The van der Waals surface area contributed by atoms with Crippen LogP contribution in [0.5, 0.6) is 0 Å². The molecule has 3 aromatic rings. The molecule has 0 saturated heterocycles. The molecule has 22 heavy (non-hydrogen) atoms. The van der Waals surface area contributed by atoms with Crippen LogP contribution in [0.2, 0.25) is 0 Å². The maximum absolute atomic E-state index is 9.73. The summed E-state index contributed by atoms with van der Waals surface area (Å²) in [5.41, 5.74) is 3.96. The zero-order chi connectivity index (χ0) is 15.7. The summed E-state index contributed by atoms with van der Waals surface area (Å²) in [5.74, 6) is 0.647. The number of aromatic nitrogens is 3. The van der Waals surface area contributed by atoms with Gasteiger partial charge in [-0.25, -0.2) is 9.50 Å². The second-order valence-electron chi connectivity index (χ2n) is 5.90. The standard InChI is InChI=1S/C17H21N3OS/c1-4-15-19-20-14(10-21)16(18-17(20)22-15)13-7-5-12(6-8-13)9-11(2)3/h5-8,11,21H,4,9-10H2,1-3H3. The lowest BCUT2D eigenvalue weighted by Crippen LogP contribution is -1.97. The van der Waals surface area contributed by atoms with E-state index >= 15 is 0 Å². The fraction of sp³-hybridized carbons (Fsp3) is 0.412. The first-order valence-electron chi connectivity index (χ1n) is 7.69. The highest BCUT2D eigenvalue weighted by Crippen LogP contribution is 2.27. The Hall–Kier alpha value is -1.72. The van der Waals surface area contributed by atoms with Crippen LogP contribution in [0.1, 0.15) is 37.0 Å². The molecular formula is C17H21N3OS. The van der Waals surface area contributed by atoms with E-state index in [4.69, 9.17) is 0 Å². The lowest BCUT2D eigenvalue weighted by molar-refractivity contribution is 0.275. The van der Waals surface area contributed by atoms with Crippen molar-refractivity contribution >= 4 is 16.3 Å². The summed E-state index contributed by atoms with van der Waals surface area (Å²) in [6, 6.07) is 8.47. The highest BCUT2D eigenvalue weighted by Gasteiger charge is 2.16. The fourth-order valence-corrected chi connectivity index (χ4v) is 3.47. The van der Waals surface area contributed by atoms with Crippen molar-refractivity contribution < 1.29 is 5.11 Å². The Labute approximate surface area is 134 Å². The van der Waals surface area contributed by atoms with Crippen molar-refractivity contribution in [1.29, 1.82) is 0 Å². The van der Waals surface area contributed by atoms with E-state index in [1.807, 2.05) is 0 Å². The van der Waals surface area contributed by atoms with E-state index in [1.165, 1.54) is 5.56 Å². The van der Waals surface area contributed by atoms with Crippen molar-refractivity contribution in [2.75, 3.05) is 0 Å². The van der Waals surface area contributed by atoms with Gasteiger partial charge in [0.1, 0.15) is 5.01 Å². The van der Waals surface area contributed by atoms with Gasteiger partial charge in [-0.1, -0.05) is 56.4 Å². The average molecular weight is 315 g/mol. The van der Waals surface area contributed by atoms with E-state index in [9.17, 15) is 5.11 Å². The predicted molar refractivity (Wildman–Crippen MR) is 90.1 cm³/mol. The minimum Gasteiger partial charge on any atom is -0.390 e. The predicted octanol–water partition coefficient (Wildman–Crippen LogP) is 3.71. The van der Waals surface area contributed by atoms with Crippen molar-refractivity contribution in [3.63, 3.8) is 0 Å². The SMILES string of the molecule is CCc1nn2c(CO)c(-c3ccc(CC(C)C)cc3)nc2s1. The molecule has 0 aliphatic rings. The van der Waals surface area contributed by atoms with Crippen LogP contribution in [0.25, 0.3) is 16.2 Å². The number of aliphatic hydroxyl groups is 1. The molecule has 116 valence electrons. The van der Waals surface area contributed by atoms with Crippen LogP contribution in [-0.4, -0.2) is 19.7 Å². The molecule has 0 aliphatic carbocycles. The smallest absolute Gasteiger partial charge is 0.213 e. The van der Waals surface area contributed by atoms with Crippen LogP contribution >= 0.6 is 11.3 Å². The van der Waals surface area contributed by atoms with Crippen LogP contribution in [0.4, 0.5) is 0 Å². The summed E-state index contributed by atoms with van der Waals surface area (Å²) in [5, 5.41) is 15.3. The van der Waals surface area contributed by atoms with E-state index in [1.54, 1.807) is 15.9 Å². The maximum atomic E-state index is 9.73. The van der Waals surface area contributed by atoms with Crippen LogP contribution in [0.15, 0.2) is 24.3 Å². The number of hydrogen-bond acceptors (Lipinski definition) is 4. The molecule has 2 aromatic heterocycles. The van der Waals surface area contributed by atoms with E-state index in [0.717, 1.165) is 39.8 Å². The highest BCUT2D eigenvalue weighted by molar-refractivity contribution is 7.16. The second kappa shape index (κ2) is 6.18. The van der Waals surface area contributed by atoms with E-state index in [2.05, 4.69) is 55.1 Å². The van der Waals surface area contributed by atoms with Crippen LogP contribution in [0, 0.1) is 5.92 Å². The van der Waals surface area contributed by atoms with Gasteiger partial charge in [-0.2, -0.15) is 5.10 Å². The number of nitrogens with zero attached hydrogens (tertiary/aromatic N) is 3. The Morgan fingerprint density at radius 3 is 2.55 bits per heavy atom. The minimum absolute atomic E-state index is 0.0584. The zero-order valence-electron chi connectivity index (χ0n) is 13.2. The Morgan fingerprint density at radius 2 is 1.95 bits per heavy atom. The first-order valence-corrected chi connectivity index (χ1v) is 8.51. The van der Waals surface area contributed by atoms with Crippen molar-refractivity contribution in [1.82, 2.24) is 14.6 Å². The van der Waals surface area contributed by atoms with Crippen LogP contribution in [-0.2, 0) is 19.4 Å². The first-order chi connectivity index (χ1) is 10.6. The topological polar surface area (TPSA) is 50.4 Å². The molecule has 5 heteroatoms. The molecule has 0 saturated carbocycles. The van der Waals surface area contributed by atoms with E-state index in [0.29, 0.717) is 5.92 Å². The third-order valence-corrected chi connectivity index (χ3v) is 4.71. The number of benzene rings is 1. The van der Waals surface area contributed by atoms with Crippen molar-refractivity contribution in [2.45, 2.75) is 40.2 Å². The number of hydrogen-bond donors (Lipinski definition) is 1. The molecule has 3 rings (SSSR count). The molecular weight excluding hydrogens is 294 g/mol. The normalized spacial score (nSPS) is 11.7. The summed E-state index contributed by atoms with van der Waals surface area (Å²) < 4.78 is 1.78. The number of rotatable bonds is 5. The fourth-order valence-electron chi connectivity index (χ4n) is 2.62. The third kappa shape index (κ3) is 2.78. The van der Waals surface area contributed by atoms with Gasteiger partial charge in [0.2, 0.25) is 4.96 Å². The largest absolute Gasteiger partial charge is 0.390 e. The number of aliphatic hydroxyl groups excluding tert-OH is 1. The number of fused-ring (bicyclic) bond motifs is 1. The second-order valence-corrected chi connectivity index (χ2v) is 6.94. The molecule has 0 aliphatic heterocycles. The average Bonchev–Trinajstić information content (AvgIpc) is 3.04. The molecule has 0 radical (unpaired) electrons. The van der Waals surface area contributed by atoms with Gasteiger partial charge < -0.3 is 5.11 Å². The Kier molecular flexibility index (Phi) is 4.27. The summed E-state index contributed by atoms with van der Waals surface area (Å²) >= 11 is 1.58. The van der Waals surface area contributed by atoms with Gasteiger partial charge in [0.15, 0.2) is 0 Å².